The molecule has 0 saturated heterocycles. The molecule has 0 aliphatic heterocycles. The van der Waals surface area contributed by atoms with Crippen LogP contribution < -0.4 is 5.32 Å². The van der Waals surface area contributed by atoms with Gasteiger partial charge < -0.3 is 14.9 Å². The van der Waals surface area contributed by atoms with Crippen molar-refractivity contribution in [1.82, 2.24) is 10.5 Å². The Bertz CT molecular complexity index is 497. The van der Waals surface area contributed by atoms with Gasteiger partial charge in [0.1, 0.15) is 16.9 Å². The predicted octanol–water partition coefficient (Wildman–Crippen LogP) is 1.75. The van der Waals surface area contributed by atoms with Crippen molar-refractivity contribution in [3.05, 3.63) is 17.5 Å². The van der Waals surface area contributed by atoms with E-state index in [1.807, 2.05) is 6.92 Å². The van der Waals surface area contributed by atoms with Crippen molar-refractivity contribution in [2.45, 2.75) is 45.1 Å². The maximum Gasteiger partial charge on any atom is 0.329 e. The molecule has 1 aromatic heterocycles. The fourth-order valence-corrected chi connectivity index (χ4v) is 2.69. The molecule has 2 N–H and O–H groups in total. The van der Waals surface area contributed by atoms with E-state index in [9.17, 15) is 14.7 Å². The summed E-state index contributed by atoms with van der Waals surface area (Å²) in [5.74, 6) is -1.11. The first-order chi connectivity index (χ1) is 8.97. The Hall–Kier alpha value is -1.85. The number of aryl methyl sites for hydroxylation is 1. The summed E-state index contributed by atoms with van der Waals surface area (Å²) < 4.78 is 4.84. The third-order valence-electron chi connectivity index (χ3n) is 4.01. The molecule has 1 fully saturated rings. The van der Waals surface area contributed by atoms with Gasteiger partial charge in [-0.15, -0.1) is 0 Å². The van der Waals surface area contributed by atoms with Crippen LogP contribution in [0.3, 0.4) is 0 Å². The van der Waals surface area contributed by atoms with E-state index >= 15 is 0 Å². The summed E-state index contributed by atoms with van der Waals surface area (Å²) in [4.78, 5) is 23.8. The van der Waals surface area contributed by atoms with E-state index in [1.165, 1.54) is 6.20 Å². The molecule has 1 amide bonds. The molecule has 6 heteroatoms. The number of nitrogens with zero attached hydrogens (tertiary/aromatic N) is 1. The largest absolute Gasteiger partial charge is 0.479 e. The first kappa shape index (κ1) is 13.6. The van der Waals surface area contributed by atoms with Crippen molar-refractivity contribution in [1.29, 1.82) is 0 Å². The molecule has 1 aliphatic rings. The summed E-state index contributed by atoms with van der Waals surface area (Å²) in [6.07, 6.45) is 4.38. The number of rotatable bonds is 3. The van der Waals surface area contributed by atoms with Gasteiger partial charge in [-0.3, -0.25) is 4.79 Å². The number of aliphatic carboxylic acids is 1. The third kappa shape index (κ3) is 2.34. The summed E-state index contributed by atoms with van der Waals surface area (Å²) in [7, 11) is 0. The van der Waals surface area contributed by atoms with Crippen molar-refractivity contribution in [3.8, 4) is 0 Å². The van der Waals surface area contributed by atoms with Gasteiger partial charge in [-0.2, -0.15) is 0 Å². The maximum absolute atomic E-state index is 12.2. The third-order valence-corrected chi connectivity index (χ3v) is 4.01. The van der Waals surface area contributed by atoms with E-state index in [2.05, 4.69) is 10.5 Å². The Morgan fingerprint density at radius 2 is 2.26 bits per heavy atom. The lowest BCUT2D eigenvalue weighted by atomic mass is 9.73. The van der Waals surface area contributed by atoms with Gasteiger partial charge in [-0.25, -0.2) is 4.79 Å². The zero-order chi connectivity index (χ0) is 14.0. The van der Waals surface area contributed by atoms with Crippen molar-refractivity contribution in [2.75, 3.05) is 0 Å². The quantitative estimate of drug-likeness (QED) is 0.869. The fourth-order valence-electron chi connectivity index (χ4n) is 2.69. The SMILES string of the molecule is Cc1oncc1C(=O)NC1(C(=O)O)CCCCC1C. The molecule has 1 aliphatic carbocycles. The molecule has 19 heavy (non-hydrogen) atoms. The molecule has 0 spiro atoms. The smallest absolute Gasteiger partial charge is 0.329 e. The summed E-state index contributed by atoms with van der Waals surface area (Å²) in [6.45, 7) is 3.49. The molecular formula is C13H18N2O4. The second-order valence-corrected chi connectivity index (χ2v) is 5.17. The number of hydrogen-bond acceptors (Lipinski definition) is 4. The van der Waals surface area contributed by atoms with Gasteiger partial charge in [-0.05, 0) is 25.7 Å². The van der Waals surface area contributed by atoms with Gasteiger partial charge in [0, 0.05) is 0 Å². The first-order valence-corrected chi connectivity index (χ1v) is 6.44. The Kier molecular flexibility index (Phi) is 3.59. The van der Waals surface area contributed by atoms with Gasteiger partial charge >= 0.3 is 5.97 Å². The van der Waals surface area contributed by atoms with Crippen LogP contribution in [0, 0.1) is 12.8 Å². The van der Waals surface area contributed by atoms with Crippen LogP contribution in [-0.2, 0) is 4.79 Å². The highest BCUT2D eigenvalue weighted by molar-refractivity contribution is 5.98. The normalized spacial score (nSPS) is 26.9. The average molecular weight is 266 g/mol. The minimum atomic E-state index is -1.18. The molecule has 1 aromatic rings. The maximum atomic E-state index is 12.2. The van der Waals surface area contributed by atoms with E-state index in [0.717, 1.165) is 19.3 Å². The van der Waals surface area contributed by atoms with Crippen LogP contribution >= 0.6 is 0 Å². The van der Waals surface area contributed by atoms with Gasteiger partial charge in [0.2, 0.25) is 0 Å². The van der Waals surface area contributed by atoms with Crippen LogP contribution in [0.2, 0.25) is 0 Å². The molecule has 2 rings (SSSR count). The van der Waals surface area contributed by atoms with Crippen LogP contribution in [0.4, 0.5) is 0 Å². The Balaban J connectivity index is 2.24. The Labute approximate surface area is 111 Å². The number of amides is 1. The van der Waals surface area contributed by atoms with E-state index in [1.54, 1.807) is 6.92 Å². The second-order valence-electron chi connectivity index (χ2n) is 5.17. The van der Waals surface area contributed by atoms with Crippen LogP contribution in [0.15, 0.2) is 10.7 Å². The van der Waals surface area contributed by atoms with Gasteiger partial charge in [-0.1, -0.05) is 24.9 Å². The van der Waals surface area contributed by atoms with Crippen LogP contribution in [0.5, 0.6) is 0 Å². The highest BCUT2D eigenvalue weighted by atomic mass is 16.5. The zero-order valence-corrected chi connectivity index (χ0v) is 11.1. The Morgan fingerprint density at radius 3 is 2.79 bits per heavy atom. The molecule has 0 radical (unpaired) electrons. The van der Waals surface area contributed by atoms with Crippen molar-refractivity contribution in [3.63, 3.8) is 0 Å². The number of carbonyl (C=O) groups is 2. The number of hydrogen-bond donors (Lipinski definition) is 2. The monoisotopic (exact) mass is 266 g/mol. The standard InChI is InChI=1S/C13H18N2O4/c1-8-5-3-4-6-13(8,12(17)18)15-11(16)10-7-14-19-9(10)2/h7-8H,3-6H2,1-2H3,(H,15,16)(H,17,18). The number of carboxylic acids is 1. The second kappa shape index (κ2) is 5.03. The van der Waals surface area contributed by atoms with Gasteiger partial charge in [0.15, 0.2) is 0 Å². The molecule has 1 heterocycles. The number of aromatic nitrogens is 1. The lowest BCUT2D eigenvalue weighted by Gasteiger charge is -2.39. The summed E-state index contributed by atoms with van der Waals surface area (Å²) in [6, 6.07) is 0. The average Bonchev–Trinajstić information content (AvgIpc) is 2.78. The molecule has 6 nitrogen and oxygen atoms in total. The predicted molar refractivity (Wildman–Crippen MR) is 66.7 cm³/mol. The summed E-state index contributed by atoms with van der Waals surface area (Å²) in [5.41, 5.74) is -0.891. The van der Waals surface area contributed by atoms with Crippen molar-refractivity contribution >= 4 is 11.9 Å². The van der Waals surface area contributed by atoms with Gasteiger partial charge in [0.25, 0.3) is 5.91 Å². The minimum Gasteiger partial charge on any atom is -0.479 e. The highest BCUT2D eigenvalue weighted by Crippen LogP contribution is 2.34. The van der Waals surface area contributed by atoms with Crippen LogP contribution in [0.1, 0.15) is 48.7 Å². The van der Waals surface area contributed by atoms with Crippen LogP contribution in [0.25, 0.3) is 0 Å². The van der Waals surface area contributed by atoms with E-state index in [4.69, 9.17) is 4.52 Å². The summed E-state index contributed by atoms with van der Waals surface area (Å²) >= 11 is 0. The van der Waals surface area contributed by atoms with E-state index < -0.39 is 17.4 Å². The Morgan fingerprint density at radius 1 is 1.53 bits per heavy atom. The van der Waals surface area contributed by atoms with Crippen molar-refractivity contribution in [2.24, 2.45) is 5.92 Å². The number of nitrogens with one attached hydrogen (secondary N) is 1. The van der Waals surface area contributed by atoms with E-state index in [0.29, 0.717) is 17.7 Å². The highest BCUT2D eigenvalue weighted by Gasteiger charge is 2.46. The van der Waals surface area contributed by atoms with Gasteiger partial charge in [0.05, 0.1) is 6.20 Å². The number of carbonyl (C=O) groups excluding carboxylic acids is 1. The molecule has 2 unspecified atom stereocenters. The fraction of sp³-hybridized carbons (Fsp3) is 0.615. The topological polar surface area (TPSA) is 92.4 Å². The lowest BCUT2D eigenvalue weighted by molar-refractivity contribution is -0.148. The van der Waals surface area contributed by atoms with Crippen molar-refractivity contribution < 1.29 is 19.2 Å². The summed E-state index contributed by atoms with van der Waals surface area (Å²) in [5, 5.41) is 15.7. The molecule has 0 aromatic carbocycles. The molecular weight excluding hydrogens is 248 g/mol. The van der Waals surface area contributed by atoms with Crippen LogP contribution in [-0.4, -0.2) is 27.7 Å². The minimum absolute atomic E-state index is 0.0946. The zero-order valence-electron chi connectivity index (χ0n) is 11.1. The molecule has 1 saturated carbocycles. The lowest BCUT2D eigenvalue weighted by Crippen LogP contribution is -2.60. The molecule has 0 bridgehead atoms. The van der Waals surface area contributed by atoms with E-state index in [-0.39, 0.29) is 5.92 Å². The molecule has 2 atom stereocenters. The number of carboxylic acid groups (broad SMARTS) is 1. The molecule has 104 valence electrons. The first-order valence-electron chi connectivity index (χ1n) is 6.44.